The van der Waals surface area contributed by atoms with Crippen LogP contribution < -0.4 is 5.32 Å². The molecule has 3 rings (SSSR count). The Labute approximate surface area is 176 Å². The molecule has 0 aliphatic rings. The molecule has 0 aliphatic carbocycles. The van der Waals surface area contributed by atoms with Gasteiger partial charge in [0.25, 0.3) is 11.1 Å². The maximum atomic E-state index is 13.3. The standard InChI is InChI=1S/C20H19FN4O2S2/c1-24(2)20(27)29-17-7-5-4-6-15(17)23-18(26)16-12-22-19(28-3)25(16)14-10-8-13(21)9-11-14/h4-12H,1-3H3,(H,23,26). The molecule has 2 amide bonds. The van der Waals surface area contributed by atoms with Gasteiger partial charge in [0.1, 0.15) is 11.5 Å². The number of carbonyl (C=O) groups excluding carboxylic acids is 2. The number of anilines is 1. The summed E-state index contributed by atoms with van der Waals surface area (Å²) in [5.41, 5.74) is 1.46. The Morgan fingerprint density at radius 2 is 1.79 bits per heavy atom. The van der Waals surface area contributed by atoms with E-state index in [9.17, 15) is 14.0 Å². The highest BCUT2D eigenvalue weighted by Crippen LogP contribution is 2.29. The van der Waals surface area contributed by atoms with Crippen LogP contribution in [0.4, 0.5) is 14.9 Å². The lowest BCUT2D eigenvalue weighted by molar-refractivity contribution is 0.101. The van der Waals surface area contributed by atoms with Gasteiger partial charge in [0.05, 0.1) is 11.9 Å². The highest BCUT2D eigenvalue weighted by atomic mass is 32.2. The van der Waals surface area contributed by atoms with Crippen molar-refractivity contribution in [2.45, 2.75) is 10.1 Å². The highest BCUT2D eigenvalue weighted by Gasteiger charge is 2.19. The molecule has 0 aliphatic heterocycles. The molecule has 6 nitrogen and oxygen atoms in total. The Kier molecular flexibility index (Phi) is 6.60. The lowest BCUT2D eigenvalue weighted by atomic mass is 10.3. The van der Waals surface area contributed by atoms with Crippen molar-refractivity contribution in [2.24, 2.45) is 0 Å². The molecular weight excluding hydrogens is 411 g/mol. The SMILES string of the molecule is CSc1ncc(C(=O)Nc2ccccc2SC(=O)N(C)C)n1-c1ccc(F)cc1. The summed E-state index contributed by atoms with van der Waals surface area (Å²) in [6.45, 7) is 0. The van der Waals surface area contributed by atoms with E-state index < -0.39 is 0 Å². The van der Waals surface area contributed by atoms with E-state index in [4.69, 9.17) is 0 Å². The Morgan fingerprint density at radius 3 is 2.45 bits per heavy atom. The van der Waals surface area contributed by atoms with Crippen molar-refractivity contribution in [3.05, 3.63) is 66.2 Å². The fourth-order valence-corrected chi connectivity index (χ4v) is 3.80. The lowest BCUT2D eigenvalue weighted by Gasteiger charge is -2.14. The van der Waals surface area contributed by atoms with Crippen LogP contribution in [0, 0.1) is 5.82 Å². The third kappa shape index (κ3) is 4.80. The van der Waals surface area contributed by atoms with Gasteiger partial charge in [0, 0.05) is 24.7 Å². The minimum atomic E-state index is -0.382. The molecule has 1 aromatic heterocycles. The number of amides is 2. The van der Waals surface area contributed by atoms with Crippen molar-refractivity contribution in [3.63, 3.8) is 0 Å². The molecule has 2 aromatic carbocycles. The molecule has 150 valence electrons. The van der Waals surface area contributed by atoms with E-state index in [2.05, 4.69) is 10.3 Å². The minimum Gasteiger partial charge on any atom is -0.339 e. The van der Waals surface area contributed by atoms with Crippen LogP contribution in [0.5, 0.6) is 0 Å². The Balaban J connectivity index is 1.92. The van der Waals surface area contributed by atoms with Crippen LogP contribution in [0.2, 0.25) is 0 Å². The Bertz CT molecular complexity index is 1040. The van der Waals surface area contributed by atoms with Crippen LogP contribution in [0.15, 0.2) is 64.8 Å². The number of hydrogen-bond donors (Lipinski definition) is 1. The molecule has 0 saturated heterocycles. The highest BCUT2D eigenvalue weighted by molar-refractivity contribution is 8.13. The van der Waals surface area contributed by atoms with Crippen molar-refractivity contribution in [2.75, 3.05) is 25.7 Å². The third-order valence-corrected chi connectivity index (χ3v) is 5.70. The second-order valence-corrected chi connectivity index (χ2v) is 7.92. The second kappa shape index (κ2) is 9.15. The quantitative estimate of drug-likeness (QED) is 0.591. The molecule has 0 fully saturated rings. The van der Waals surface area contributed by atoms with E-state index in [0.29, 0.717) is 27.1 Å². The van der Waals surface area contributed by atoms with Gasteiger partial charge in [-0.2, -0.15) is 0 Å². The molecule has 0 bridgehead atoms. The van der Waals surface area contributed by atoms with Crippen molar-refractivity contribution < 1.29 is 14.0 Å². The number of halogens is 1. The van der Waals surface area contributed by atoms with Crippen LogP contribution in [-0.4, -0.2) is 45.9 Å². The van der Waals surface area contributed by atoms with Gasteiger partial charge in [0.2, 0.25) is 0 Å². The summed E-state index contributed by atoms with van der Waals surface area (Å²) in [6.07, 6.45) is 3.33. The normalized spacial score (nSPS) is 10.6. The number of para-hydroxylation sites is 1. The molecule has 29 heavy (non-hydrogen) atoms. The molecule has 0 unspecified atom stereocenters. The Morgan fingerprint density at radius 1 is 1.10 bits per heavy atom. The van der Waals surface area contributed by atoms with E-state index in [1.165, 1.54) is 35.0 Å². The predicted molar refractivity (Wildman–Crippen MR) is 115 cm³/mol. The monoisotopic (exact) mass is 430 g/mol. The fourth-order valence-electron chi connectivity index (χ4n) is 2.51. The zero-order chi connectivity index (χ0) is 21.0. The summed E-state index contributed by atoms with van der Waals surface area (Å²) in [5.74, 6) is -0.741. The van der Waals surface area contributed by atoms with Gasteiger partial charge in [-0.3, -0.25) is 14.2 Å². The van der Waals surface area contributed by atoms with Gasteiger partial charge in [-0.1, -0.05) is 23.9 Å². The largest absolute Gasteiger partial charge is 0.339 e. The van der Waals surface area contributed by atoms with E-state index in [1.54, 1.807) is 55.1 Å². The number of imidazole rings is 1. The molecule has 0 spiro atoms. The van der Waals surface area contributed by atoms with Crippen molar-refractivity contribution >= 4 is 40.4 Å². The number of rotatable bonds is 5. The summed E-state index contributed by atoms with van der Waals surface area (Å²) >= 11 is 2.41. The summed E-state index contributed by atoms with van der Waals surface area (Å²) < 4.78 is 15.0. The molecule has 0 saturated carbocycles. The number of nitrogens with one attached hydrogen (secondary N) is 1. The number of nitrogens with zero attached hydrogens (tertiary/aromatic N) is 3. The minimum absolute atomic E-state index is 0.146. The number of benzene rings is 2. The van der Waals surface area contributed by atoms with Gasteiger partial charge in [0.15, 0.2) is 5.16 Å². The van der Waals surface area contributed by atoms with Gasteiger partial charge < -0.3 is 10.2 Å². The van der Waals surface area contributed by atoms with Crippen molar-refractivity contribution in [1.29, 1.82) is 0 Å². The zero-order valence-electron chi connectivity index (χ0n) is 16.0. The van der Waals surface area contributed by atoms with Crippen molar-refractivity contribution in [3.8, 4) is 5.69 Å². The molecule has 0 radical (unpaired) electrons. The van der Waals surface area contributed by atoms with Crippen LogP contribution in [0.25, 0.3) is 5.69 Å². The first kappa shape index (κ1) is 20.9. The maximum Gasteiger partial charge on any atom is 0.286 e. The fraction of sp³-hybridized carbons (Fsp3) is 0.150. The topological polar surface area (TPSA) is 67.2 Å². The first-order chi connectivity index (χ1) is 13.9. The van der Waals surface area contributed by atoms with Crippen LogP contribution in [0.1, 0.15) is 10.5 Å². The lowest BCUT2D eigenvalue weighted by Crippen LogP contribution is -2.18. The first-order valence-corrected chi connectivity index (χ1v) is 10.6. The molecule has 9 heteroatoms. The van der Waals surface area contributed by atoms with E-state index in [1.807, 2.05) is 6.26 Å². The molecule has 0 atom stereocenters. The molecular formula is C20H19FN4O2S2. The maximum absolute atomic E-state index is 13.3. The van der Waals surface area contributed by atoms with E-state index in [0.717, 1.165) is 11.8 Å². The molecule has 1 N–H and O–H groups in total. The number of carbonyl (C=O) groups is 2. The molecule has 1 heterocycles. The Hall–Kier alpha value is -2.78. The smallest absolute Gasteiger partial charge is 0.286 e. The molecule has 3 aromatic rings. The second-order valence-electron chi connectivity index (χ2n) is 6.15. The van der Waals surface area contributed by atoms with Gasteiger partial charge in [-0.25, -0.2) is 9.37 Å². The summed E-state index contributed by atoms with van der Waals surface area (Å²) in [4.78, 5) is 31.5. The van der Waals surface area contributed by atoms with Gasteiger partial charge >= 0.3 is 0 Å². The predicted octanol–water partition coefficient (Wildman–Crippen LogP) is 4.76. The van der Waals surface area contributed by atoms with E-state index in [-0.39, 0.29) is 17.0 Å². The summed E-state index contributed by atoms with van der Waals surface area (Å²) in [7, 11) is 3.34. The summed E-state index contributed by atoms with van der Waals surface area (Å²) in [5, 5.41) is 3.31. The number of aromatic nitrogens is 2. The first-order valence-electron chi connectivity index (χ1n) is 8.58. The third-order valence-electron chi connectivity index (χ3n) is 3.93. The summed E-state index contributed by atoms with van der Waals surface area (Å²) in [6, 6.07) is 12.9. The zero-order valence-corrected chi connectivity index (χ0v) is 17.7. The average molecular weight is 431 g/mol. The van der Waals surface area contributed by atoms with E-state index >= 15 is 0 Å². The van der Waals surface area contributed by atoms with Gasteiger partial charge in [-0.15, -0.1) is 0 Å². The average Bonchev–Trinajstić information content (AvgIpc) is 3.14. The van der Waals surface area contributed by atoms with Crippen molar-refractivity contribution in [1.82, 2.24) is 14.5 Å². The number of hydrogen-bond acceptors (Lipinski definition) is 5. The van der Waals surface area contributed by atoms with Crippen LogP contribution in [0.3, 0.4) is 0 Å². The number of thioether (sulfide) groups is 2. The van der Waals surface area contributed by atoms with Crippen LogP contribution >= 0.6 is 23.5 Å². The van der Waals surface area contributed by atoms with Gasteiger partial charge in [-0.05, 0) is 54.4 Å². The van der Waals surface area contributed by atoms with Crippen LogP contribution in [-0.2, 0) is 0 Å².